The fraction of sp³-hybridized carbons (Fsp3) is 0.212. The molecule has 47 heavy (non-hydrogen) atoms. The second kappa shape index (κ2) is 14.0. The van der Waals surface area contributed by atoms with Gasteiger partial charge in [-0.1, -0.05) is 24.3 Å². The highest BCUT2D eigenvalue weighted by molar-refractivity contribution is 7.16. The lowest BCUT2D eigenvalue weighted by atomic mass is 10.0. The summed E-state index contributed by atoms with van der Waals surface area (Å²) in [5.74, 6) is -2.15. The summed E-state index contributed by atoms with van der Waals surface area (Å²) >= 11 is 2.07. The smallest absolute Gasteiger partial charge is 0.348 e. The van der Waals surface area contributed by atoms with E-state index in [4.69, 9.17) is 9.84 Å². The molecule has 0 saturated heterocycles. The minimum absolute atomic E-state index is 0.0413. The first-order valence-electron chi connectivity index (χ1n) is 14.3. The number of carbonyl (C=O) groups is 6. The number of benzene rings is 2. The topological polar surface area (TPSA) is 180 Å². The van der Waals surface area contributed by atoms with Crippen molar-refractivity contribution in [2.24, 2.45) is 0 Å². The van der Waals surface area contributed by atoms with E-state index in [0.717, 1.165) is 56.3 Å². The van der Waals surface area contributed by atoms with Crippen LogP contribution in [0.3, 0.4) is 0 Å². The molecule has 0 fully saturated rings. The van der Waals surface area contributed by atoms with Gasteiger partial charge in [0.25, 0.3) is 11.8 Å². The molecule has 0 aliphatic carbocycles. The number of anilines is 2. The van der Waals surface area contributed by atoms with Crippen LogP contribution in [-0.2, 0) is 40.3 Å². The van der Waals surface area contributed by atoms with Gasteiger partial charge in [-0.3, -0.25) is 19.2 Å². The molecule has 12 nitrogen and oxygen atoms in total. The number of hydrogen-bond acceptors (Lipinski definition) is 9. The maximum Gasteiger partial charge on any atom is 0.348 e. The number of aromatic carboxylic acids is 1. The van der Waals surface area contributed by atoms with E-state index in [0.29, 0.717) is 45.1 Å². The molecule has 0 atom stereocenters. The van der Waals surface area contributed by atoms with Crippen LogP contribution >= 0.6 is 22.7 Å². The highest BCUT2D eigenvalue weighted by Crippen LogP contribution is 2.28. The van der Waals surface area contributed by atoms with Crippen molar-refractivity contribution in [3.8, 4) is 0 Å². The fourth-order valence-electron chi connectivity index (χ4n) is 5.18. The molecule has 0 radical (unpaired) electrons. The quantitative estimate of drug-likeness (QED) is 0.170. The second-order valence-electron chi connectivity index (χ2n) is 10.7. The molecular weight excluding hydrogens is 645 g/mol. The first kappa shape index (κ1) is 33.0. The van der Waals surface area contributed by atoms with E-state index in [1.807, 2.05) is 36.4 Å². The molecule has 4 heterocycles. The first-order valence-corrected chi connectivity index (χ1v) is 16.0. The molecule has 14 heteroatoms. The monoisotopic (exact) mass is 674 g/mol. The largest absolute Gasteiger partial charge is 0.477 e. The van der Waals surface area contributed by atoms with E-state index in [2.05, 4.69) is 21.3 Å². The Balaban J connectivity index is 0.000000185. The molecule has 2 aromatic heterocycles. The number of carboxylic acid groups (broad SMARTS) is 1. The van der Waals surface area contributed by atoms with E-state index in [1.165, 1.54) is 7.11 Å². The van der Waals surface area contributed by atoms with Crippen LogP contribution in [-0.4, -0.2) is 47.8 Å². The van der Waals surface area contributed by atoms with Crippen LogP contribution in [0.15, 0.2) is 48.5 Å². The molecular formula is C33H30N4O8S2. The van der Waals surface area contributed by atoms with Gasteiger partial charge >= 0.3 is 11.9 Å². The zero-order valence-electron chi connectivity index (χ0n) is 25.6. The third-order valence-electron chi connectivity index (χ3n) is 7.50. The highest BCUT2D eigenvalue weighted by atomic mass is 32.1. The number of carbonyl (C=O) groups excluding carboxylic acids is 5. The van der Waals surface area contributed by atoms with Gasteiger partial charge in [-0.15, -0.1) is 22.7 Å². The molecule has 242 valence electrons. The maximum absolute atomic E-state index is 12.3. The van der Waals surface area contributed by atoms with Crippen LogP contribution < -0.4 is 21.3 Å². The van der Waals surface area contributed by atoms with Crippen molar-refractivity contribution < 1.29 is 38.6 Å². The molecule has 0 bridgehead atoms. The Labute approximate surface area is 277 Å². The van der Waals surface area contributed by atoms with Crippen molar-refractivity contribution in [3.63, 3.8) is 0 Å². The minimum Gasteiger partial charge on any atom is -0.477 e. The lowest BCUT2D eigenvalue weighted by Crippen LogP contribution is -2.22. The third kappa shape index (κ3) is 7.39. The van der Waals surface area contributed by atoms with E-state index in [1.54, 1.807) is 26.0 Å². The number of nitrogens with one attached hydrogen (secondary N) is 4. The predicted molar refractivity (Wildman–Crippen MR) is 176 cm³/mol. The van der Waals surface area contributed by atoms with Gasteiger partial charge in [0.2, 0.25) is 11.8 Å². The third-order valence-corrected chi connectivity index (χ3v) is 9.94. The summed E-state index contributed by atoms with van der Waals surface area (Å²) in [7, 11) is 1.31. The fourth-order valence-corrected chi connectivity index (χ4v) is 7.12. The Morgan fingerprint density at radius 2 is 1.21 bits per heavy atom. The van der Waals surface area contributed by atoms with Gasteiger partial charge in [0.15, 0.2) is 0 Å². The Morgan fingerprint density at radius 1 is 0.766 bits per heavy atom. The van der Waals surface area contributed by atoms with Crippen LogP contribution in [0, 0.1) is 13.8 Å². The van der Waals surface area contributed by atoms with Gasteiger partial charge in [0, 0.05) is 24.5 Å². The number of ether oxygens (including phenoxy) is 1. The zero-order valence-corrected chi connectivity index (χ0v) is 27.2. The first-order chi connectivity index (χ1) is 22.4. The van der Waals surface area contributed by atoms with Crippen LogP contribution in [0.4, 0.5) is 11.4 Å². The molecule has 2 aromatic carbocycles. The van der Waals surface area contributed by atoms with Crippen molar-refractivity contribution in [2.75, 3.05) is 17.7 Å². The molecule has 6 rings (SSSR count). The number of rotatable bonds is 8. The highest BCUT2D eigenvalue weighted by Gasteiger charge is 2.23. The summed E-state index contributed by atoms with van der Waals surface area (Å²) in [6.45, 7) is 4.04. The van der Waals surface area contributed by atoms with E-state index >= 15 is 0 Å². The molecule has 5 N–H and O–H groups in total. The van der Waals surface area contributed by atoms with Crippen molar-refractivity contribution >= 4 is 69.6 Å². The Hall–Kier alpha value is -5.34. The van der Waals surface area contributed by atoms with Crippen molar-refractivity contribution in [2.45, 2.75) is 39.8 Å². The minimum atomic E-state index is -1.03. The van der Waals surface area contributed by atoms with Gasteiger partial charge in [0.1, 0.15) is 9.75 Å². The molecule has 2 aliphatic heterocycles. The van der Waals surface area contributed by atoms with E-state index < -0.39 is 11.9 Å². The summed E-state index contributed by atoms with van der Waals surface area (Å²) in [6.07, 6.45) is 0.634. The number of esters is 1. The van der Waals surface area contributed by atoms with Crippen LogP contribution in [0.2, 0.25) is 0 Å². The van der Waals surface area contributed by atoms with E-state index in [9.17, 15) is 28.8 Å². The Morgan fingerprint density at radius 3 is 1.64 bits per heavy atom. The molecule has 0 saturated carbocycles. The van der Waals surface area contributed by atoms with Gasteiger partial charge in [-0.2, -0.15) is 0 Å². The summed E-state index contributed by atoms with van der Waals surface area (Å²) in [5, 5.41) is 20.2. The molecule has 2 aliphatic rings. The van der Waals surface area contributed by atoms with Gasteiger partial charge in [-0.25, -0.2) is 9.59 Å². The van der Waals surface area contributed by atoms with Crippen molar-refractivity contribution in [1.29, 1.82) is 0 Å². The van der Waals surface area contributed by atoms with Crippen LogP contribution in [0.1, 0.15) is 72.1 Å². The summed E-state index contributed by atoms with van der Waals surface area (Å²) in [5.41, 5.74) is 6.46. The van der Waals surface area contributed by atoms with Crippen LogP contribution in [0.5, 0.6) is 0 Å². The lowest BCUT2D eigenvalue weighted by Gasteiger charge is -2.08. The maximum atomic E-state index is 12.3. The molecule has 4 aromatic rings. The Kier molecular flexibility index (Phi) is 9.82. The average Bonchev–Trinajstić information content (AvgIpc) is 3.82. The average molecular weight is 675 g/mol. The van der Waals surface area contributed by atoms with Crippen LogP contribution in [0.25, 0.3) is 0 Å². The predicted octanol–water partition coefficient (Wildman–Crippen LogP) is 4.45. The number of aryl methyl sites for hydroxylation is 2. The molecule has 0 unspecified atom stereocenters. The van der Waals surface area contributed by atoms with E-state index in [-0.39, 0.29) is 35.1 Å². The number of amides is 4. The SMILES string of the molecule is COC(=O)c1sc(C(=O)NCc2cccc3c2CC(=O)N3)cc1C.Cc1cc(C(=O)NCc2cccc3c2CC(=O)N3)sc1C(=O)O. The standard InChI is InChI=1S/C17H16N2O4S.C16H14N2O4S/c1-9-6-13(24-15(9)17(22)23-2)16(21)18-8-10-4-3-5-12-11(10)7-14(20)19-12;1-8-5-12(23-14(8)16(21)22)15(20)17-7-9-3-2-4-11-10(9)6-13(19)18-11/h3-6H,7-8H2,1-2H3,(H,18,21)(H,19,20);2-5H,6-7H2,1H3,(H,17,20)(H,18,19)(H,21,22). The summed E-state index contributed by atoms with van der Waals surface area (Å²) in [4.78, 5) is 71.6. The van der Waals surface area contributed by atoms with Gasteiger partial charge in [-0.05, 0) is 71.5 Å². The summed E-state index contributed by atoms with van der Waals surface area (Å²) in [6, 6.07) is 14.3. The number of thiophene rings is 2. The molecule has 4 amide bonds. The van der Waals surface area contributed by atoms with Crippen molar-refractivity contribution in [3.05, 3.63) is 101 Å². The number of fused-ring (bicyclic) bond motifs is 2. The summed E-state index contributed by atoms with van der Waals surface area (Å²) < 4.78 is 4.70. The number of methoxy groups -OCH3 is 1. The lowest BCUT2D eigenvalue weighted by molar-refractivity contribution is -0.115. The zero-order chi connectivity index (χ0) is 33.8. The second-order valence-corrected chi connectivity index (χ2v) is 12.8. The van der Waals surface area contributed by atoms with Crippen molar-refractivity contribution in [1.82, 2.24) is 10.6 Å². The van der Waals surface area contributed by atoms with Gasteiger partial charge < -0.3 is 31.1 Å². The van der Waals surface area contributed by atoms with Gasteiger partial charge in [0.05, 0.1) is 29.7 Å². The Bertz CT molecular complexity index is 1940. The molecule has 0 spiro atoms. The normalized spacial score (nSPS) is 12.6. The number of carboxylic acids is 1. The number of hydrogen-bond donors (Lipinski definition) is 5.